The van der Waals surface area contributed by atoms with Crippen LogP contribution in [0.4, 0.5) is 5.69 Å². The zero-order valence-electron chi connectivity index (χ0n) is 11.1. The second-order valence-electron chi connectivity index (χ2n) is 4.29. The summed E-state index contributed by atoms with van der Waals surface area (Å²) < 4.78 is 0. The molecule has 0 aromatic carbocycles. The van der Waals surface area contributed by atoms with E-state index in [2.05, 4.69) is 15.6 Å². The molecule has 0 saturated carbocycles. The van der Waals surface area contributed by atoms with Crippen LogP contribution in [0.2, 0.25) is 0 Å². The van der Waals surface area contributed by atoms with Crippen molar-refractivity contribution in [1.82, 2.24) is 10.3 Å². The Morgan fingerprint density at radius 1 is 1.42 bits per heavy atom. The summed E-state index contributed by atoms with van der Waals surface area (Å²) in [5, 5.41) is 14.6. The Morgan fingerprint density at radius 2 is 2.16 bits per heavy atom. The molecule has 0 aliphatic rings. The smallest absolute Gasteiger partial charge is 0.354 e. The first-order valence-corrected chi connectivity index (χ1v) is 6.25. The molecule has 3 N–H and O–H groups in total. The number of carboxylic acid groups (broad SMARTS) is 1. The summed E-state index contributed by atoms with van der Waals surface area (Å²) in [6.07, 6.45) is 2.71. The van der Waals surface area contributed by atoms with Crippen LogP contribution in [-0.4, -0.2) is 34.6 Å². The van der Waals surface area contributed by atoms with Crippen LogP contribution in [0.25, 0.3) is 0 Å². The van der Waals surface area contributed by atoms with E-state index in [1.807, 2.05) is 13.8 Å². The zero-order chi connectivity index (χ0) is 14.3. The average Bonchev–Trinajstić information content (AvgIpc) is 2.39. The first-order valence-electron chi connectivity index (χ1n) is 6.25. The highest BCUT2D eigenvalue weighted by atomic mass is 16.4. The number of amides is 1. The van der Waals surface area contributed by atoms with Crippen molar-refractivity contribution in [3.8, 4) is 0 Å². The van der Waals surface area contributed by atoms with Gasteiger partial charge in [0, 0.05) is 19.0 Å². The maximum atomic E-state index is 11.5. The normalized spacial score (nSPS) is 11.7. The number of nitrogens with one attached hydrogen (secondary N) is 2. The van der Waals surface area contributed by atoms with E-state index < -0.39 is 5.97 Å². The molecule has 0 aliphatic heterocycles. The highest BCUT2D eigenvalue weighted by Gasteiger charge is 2.06. The molecule has 1 aromatic heterocycles. The highest BCUT2D eigenvalue weighted by molar-refractivity contribution is 5.85. The van der Waals surface area contributed by atoms with Gasteiger partial charge in [0.05, 0.1) is 11.9 Å². The second-order valence-corrected chi connectivity index (χ2v) is 4.29. The van der Waals surface area contributed by atoms with Gasteiger partial charge in [0.25, 0.3) is 0 Å². The number of rotatable bonds is 7. The maximum Gasteiger partial charge on any atom is 0.354 e. The monoisotopic (exact) mass is 265 g/mol. The average molecular weight is 265 g/mol. The van der Waals surface area contributed by atoms with E-state index in [0.717, 1.165) is 6.42 Å². The topological polar surface area (TPSA) is 91.3 Å². The van der Waals surface area contributed by atoms with Gasteiger partial charge in [0.2, 0.25) is 5.91 Å². The first-order chi connectivity index (χ1) is 9.02. The quantitative estimate of drug-likeness (QED) is 0.695. The number of nitrogens with zero attached hydrogens (tertiary/aromatic N) is 1. The molecule has 6 nitrogen and oxygen atoms in total. The van der Waals surface area contributed by atoms with E-state index in [9.17, 15) is 9.59 Å². The number of hydrogen-bond acceptors (Lipinski definition) is 4. The lowest BCUT2D eigenvalue weighted by atomic mass is 10.2. The Hall–Kier alpha value is -2.11. The van der Waals surface area contributed by atoms with Crippen molar-refractivity contribution in [3.63, 3.8) is 0 Å². The van der Waals surface area contributed by atoms with E-state index in [-0.39, 0.29) is 17.6 Å². The molecule has 0 fully saturated rings. The van der Waals surface area contributed by atoms with Gasteiger partial charge in [0.15, 0.2) is 0 Å². The zero-order valence-corrected chi connectivity index (χ0v) is 11.1. The molecule has 1 heterocycles. The minimum absolute atomic E-state index is 0.0000589. The van der Waals surface area contributed by atoms with Crippen molar-refractivity contribution in [2.45, 2.75) is 32.7 Å². The molecule has 0 spiro atoms. The Labute approximate surface area is 112 Å². The van der Waals surface area contributed by atoms with Crippen molar-refractivity contribution >= 4 is 17.6 Å². The summed E-state index contributed by atoms with van der Waals surface area (Å²) in [6.45, 7) is 4.45. The van der Waals surface area contributed by atoms with Gasteiger partial charge < -0.3 is 15.7 Å². The van der Waals surface area contributed by atoms with Crippen LogP contribution in [0.15, 0.2) is 18.3 Å². The molecule has 1 atom stereocenters. The Morgan fingerprint density at radius 3 is 2.68 bits per heavy atom. The lowest BCUT2D eigenvalue weighted by Crippen LogP contribution is -2.32. The molecule has 104 valence electrons. The molecule has 1 aromatic rings. The summed E-state index contributed by atoms with van der Waals surface area (Å²) in [4.78, 5) is 25.9. The van der Waals surface area contributed by atoms with E-state index in [0.29, 0.717) is 18.7 Å². The molecular weight excluding hydrogens is 246 g/mol. The van der Waals surface area contributed by atoms with E-state index in [1.54, 1.807) is 6.07 Å². The molecule has 0 aliphatic carbocycles. The number of aromatic nitrogens is 1. The van der Waals surface area contributed by atoms with Crippen LogP contribution in [-0.2, 0) is 4.79 Å². The van der Waals surface area contributed by atoms with Gasteiger partial charge >= 0.3 is 5.97 Å². The number of aromatic carboxylic acids is 1. The fourth-order valence-corrected chi connectivity index (χ4v) is 1.39. The van der Waals surface area contributed by atoms with Gasteiger partial charge in [-0.25, -0.2) is 9.78 Å². The first kappa shape index (κ1) is 14.9. The van der Waals surface area contributed by atoms with Crippen molar-refractivity contribution in [2.24, 2.45) is 0 Å². The summed E-state index contributed by atoms with van der Waals surface area (Å²) in [5.74, 6) is -1.06. The van der Waals surface area contributed by atoms with Crippen molar-refractivity contribution < 1.29 is 14.7 Å². The third kappa shape index (κ3) is 5.37. The third-order valence-electron chi connectivity index (χ3n) is 2.68. The molecular formula is C13H19N3O3. The van der Waals surface area contributed by atoms with Crippen LogP contribution in [0.3, 0.4) is 0 Å². The number of hydrogen-bond donors (Lipinski definition) is 3. The molecule has 0 saturated heterocycles. The van der Waals surface area contributed by atoms with Crippen molar-refractivity contribution in [3.05, 3.63) is 24.0 Å². The van der Waals surface area contributed by atoms with Crippen LogP contribution < -0.4 is 10.6 Å². The number of pyridine rings is 1. The second kappa shape index (κ2) is 7.35. The van der Waals surface area contributed by atoms with Crippen LogP contribution in [0.1, 0.15) is 37.2 Å². The molecule has 1 rings (SSSR count). The van der Waals surface area contributed by atoms with Crippen molar-refractivity contribution in [2.75, 3.05) is 11.9 Å². The summed E-state index contributed by atoms with van der Waals surface area (Å²) in [5.41, 5.74) is 0.696. The van der Waals surface area contributed by atoms with Gasteiger partial charge in [-0.1, -0.05) is 6.92 Å². The minimum atomic E-state index is -1.06. The van der Waals surface area contributed by atoms with E-state index in [4.69, 9.17) is 5.11 Å². The Balaban J connectivity index is 2.33. The van der Waals surface area contributed by atoms with Crippen LogP contribution in [0.5, 0.6) is 0 Å². The predicted octanol–water partition coefficient (Wildman–Crippen LogP) is 1.50. The minimum Gasteiger partial charge on any atom is -0.477 e. The summed E-state index contributed by atoms with van der Waals surface area (Å²) in [6, 6.07) is 3.23. The Kier molecular flexibility index (Phi) is 5.78. The van der Waals surface area contributed by atoms with Gasteiger partial charge in [-0.15, -0.1) is 0 Å². The Bertz CT molecular complexity index is 431. The fourth-order valence-electron chi connectivity index (χ4n) is 1.39. The van der Waals surface area contributed by atoms with Gasteiger partial charge in [-0.05, 0) is 25.5 Å². The third-order valence-corrected chi connectivity index (χ3v) is 2.68. The van der Waals surface area contributed by atoms with E-state index >= 15 is 0 Å². The van der Waals surface area contributed by atoms with Crippen LogP contribution in [0, 0.1) is 0 Å². The summed E-state index contributed by atoms with van der Waals surface area (Å²) >= 11 is 0. The molecule has 0 bridgehead atoms. The maximum absolute atomic E-state index is 11.5. The standard InChI is InChI=1S/C13H19N3O3/c1-3-9(2)16-12(17)6-7-14-10-4-5-11(13(18)19)15-8-10/h4-5,8-9,14H,3,6-7H2,1-2H3,(H,16,17)(H,18,19). The number of anilines is 1. The molecule has 1 amide bonds. The van der Waals surface area contributed by atoms with Gasteiger partial charge in [-0.3, -0.25) is 4.79 Å². The van der Waals surface area contributed by atoms with E-state index in [1.165, 1.54) is 12.3 Å². The fraction of sp³-hybridized carbons (Fsp3) is 0.462. The van der Waals surface area contributed by atoms with Crippen LogP contribution >= 0.6 is 0 Å². The van der Waals surface area contributed by atoms with Gasteiger partial charge in [-0.2, -0.15) is 0 Å². The van der Waals surface area contributed by atoms with Crippen molar-refractivity contribution in [1.29, 1.82) is 0 Å². The SMILES string of the molecule is CCC(C)NC(=O)CCNc1ccc(C(=O)O)nc1. The lowest BCUT2D eigenvalue weighted by molar-refractivity contribution is -0.121. The molecule has 6 heteroatoms. The summed E-state index contributed by atoms with van der Waals surface area (Å²) in [7, 11) is 0. The lowest BCUT2D eigenvalue weighted by Gasteiger charge is -2.11. The largest absolute Gasteiger partial charge is 0.477 e. The van der Waals surface area contributed by atoms with Gasteiger partial charge in [0.1, 0.15) is 5.69 Å². The molecule has 1 unspecified atom stereocenters. The number of carbonyl (C=O) groups is 2. The molecule has 0 radical (unpaired) electrons. The number of carbonyl (C=O) groups excluding carboxylic acids is 1. The molecule has 19 heavy (non-hydrogen) atoms. The predicted molar refractivity (Wildman–Crippen MR) is 72.2 cm³/mol. The number of carboxylic acids is 1. The highest BCUT2D eigenvalue weighted by Crippen LogP contribution is 2.06.